The van der Waals surface area contributed by atoms with Gasteiger partial charge in [0, 0.05) is 17.7 Å². The van der Waals surface area contributed by atoms with E-state index in [2.05, 4.69) is 10.6 Å². The van der Waals surface area contributed by atoms with Gasteiger partial charge in [0.15, 0.2) is 0 Å². The zero-order valence-corrected chi connectivity index (χ0v) is 13.9. The molecule has 25 heavy (non-hydrogen) atoms. The maximum Gasteiger partial charge on any atom is 0.330 e. The molecule has 0 fully saturated rings. The van der Waals surface area contributed by atoms with E-state index in [1.807, 2.05) is 0 Å². The van der Waals surface area contributed by atoms with Crippen LogP contribution in [-0.2, 0) is 9.53 Å². The quantitative estimate of drug-likeness (QED) is 0.753. The number of hydrogen-bond acceptors (Lipinski definition) is 4. The topological polar surface area (TPSA) is 84.5 Å². The minimum absolute atomic E-state index is 0.0644. The summed E-state index contributed by atoms with van der Waals surface area (Å²) in [6, 6.07) is 16.2. The highest BCUT2D eigenvalue weighted by atomic mass is 16.5. The van der Waals surface area contributed by atoms with Crippen LogP contribution < -0.4 is 10.6 Å². The number of nitrogens with one attached hydrogen (secondary N) is 2. The Morgan fingerprint density at radius 2 is 1.40 bits per heavy atom. The summed E-state index contributed by atoms with van der Waals surface area (Å²) in [4.78, 5) is 36.4. The molecule has 6 nitrogen and oxygen atoms in total. The number of ether oxygens (including phenoxy) is 1. The third-order valence-corrected chi connectivity index (χ3v) is 3.42. The Labute approximate surface area is 146 Å². The number of rotatable bonds is 7. The highest BCUT2D eigenvalue weighted by Crippen LogP contribution is 2.01. The Hall–Kier alpha value is -3.15. The molecule has 2 amide bonds. The van der Waals surface area contributed by atoms with Crippen molar-refractivity contribution in [2.24, 2.45) is 0 Å². The number of benzene rings is 2. The summed E-state index contributed by atoms with van der Waals surface area (Å²) in [5, 5.41) is 5.24. The smallest absolute Gasteiger partial charge is 0.330 e. The summed E-state index contributed by atoms with van der Waals surface area (Å²) < 4.78 is 4.97. The number of hydrogen-bond donors (Lipinski definition) is 2. The van der Waals surface area contributed by atoms with Crippen LogP contribution in [0.1, 0.15) is 27.6 Å². The van der Waals surface area contributed by atoms with Gasteiger partial charge < -0.3 is 15.4 Å². The Bertz CT molecular complexity index is 717. The third kappa shape index (κ3) is 5.46. The molecular weight excluding hydrogens is 320 g/mol. The molecule has 0 aromatic heterocycles. The van der Waals surface area contributed by atoms with Crippen LogP contribution in [0.5, 0.6) is 0 Å². The first-order chi connectivity index (χ1) is 12.1. The molecule has 2 aromatic rings. The Kier molecular flexibility index (Phi) is 6.71. The molecule has 6 heteroatoms. The van der Waals surface area contributed by atoms with E-state index in [1.165, 1.54) is 0 Å². The Balaban J connectivity index is 2.02. The molecule has 0 aliphatic heterocycles. The maximum absolute atomic E-state index is 12.2. The lowest BCUT2D eigenvalue weighted by atomic mass is 10.2. The standard InChI is InChI=1S/C19H20N2O4/c1-2-25-19(24)16(21-18(23)15-11-7-4-8-12-15)13-20-17(22)14-9-5-3-6-10-14/h3-12,16H,2,13H2,1H3,(H,20,22)(H,21,23)/t16-/m1/s1. The van der Waals surface area contributed by atoms with E-state index in [9.17, 15) is 14.4 Å². The normalized spacial score (nSPS) is 11.2. The molecule has 0 spiro atoms. The van der Waals surface area contributed by atoms with Gasteiger partial charge in [-0.2, -0.15) is 0 Å². The fraction of sp³-hybridized carbons (Fsp3) is 0.211. The first-order valence-electron chi connectivity index (χ1n) is 7.97. The lowest BCUT2D eigenvalue weighted by Crippen LogP contribution is -2.49. The number of amides is 2. The van der Waals surface area contributed by atoms with Crippen LogP contribution in [0.25, 0.3) is 0 Å². The SMILES string of the molecule is CCOC(=O)[C@@H](CNC(=O)c1ccccc1)NC(=O)c1ccccc1. The molecule has 0 aliphatic carbocycles. The summed E-state index contributed by atoms with van der Waals surface area (Å²) in [6.07, 6.45) is 0. The van der Waals surface area contributed by atoms with E-state index >= 15 is 0 Å². The second kappa shape index (κ2) is 9.22. The Morgan fingerprint density at radius 3 is 1.92 bits per heavy atom. The van der Waals surface area contributed by atoms with Crippen LogP contribution in [0, 0.1) is 0 Å². The highest BCUT2D eigenvalue weighted by Gasteiger charge is 2.23. The van der Waals surface area contributed by atoms with Gasteiger partial charge in [0.2, 0.25) is 0 Å². The summed E-state index contributed by atoms with van der Waals surface area (Å²) in [6.45, 7) is 1.80. The van der Waals surface area contributed by atoms with Crippen LogP contribution >= 0.6 is 0 Å². The van der Waals surface area contributed by atoms with Crippen molar-refractivity contribution in [3.8, 4) is 0 Å². The molecule has 2 rings (SSSR count). The second-order valence-electron chi connectivity index (χ2n) is 5.22. The zero-order chi connectivity index (χ0) is 18.1. The lowest BCUT2D eigenvalue weighted by Gasteiger charge is -2.18. The number of carbonyl (C=O) groups is 3. The van der Waals surface area contributed by atoms with Crippen LogP contribution in [-0.4, -0.2) is 37.0 Å². The van der Waals surface area contributed by atoms with Gasteiger partial charge in [0.25, 0.3) is 11.8 Å². The molecule has 0 saturated carbocycles. The monoisotopic (exact) mass is 340 g/mol. The van der Waals surface area contributed by atoms with Gasteiger partial charge in [-0.15, -0.1) is 0 Å². The van der Waals surface area contributed by atoms with Crippen molar-refractivity contribution in [1.82, 2.24) is 10.6 Å². The molecule has 0 aliphatic rings. The van der Waals surface area contributed by atoms with Gasteiger partial charge in [-0.1, -0.05) is 36.4 Å². The van der Waals surface area contributed by atoms with Gasteiger partial charge >= 0.3 is 5.97 Å². The predicted octanol–water partition coefficient (Wildman–Crippen LogP) is 1.78. The molecule has 0 unspecified atom stereocenters. The zero-order valence-electron chi connectivity index (χ0n) is 13.9. The van der Waals surface area contributed by atoms with Crippen molar-refractivity contribution in [3.63, 3.8) is 0 Å². The molecule has 1 atom stereocenters. The summed E-state index contributed by atoms with van der Waals surface area (Å²) in [7, 11) is 0. The molecule has 130 valence electrons. The minimum Gasteiger partial charge on any atom is -0.464 e. The molecule has 2 aromatic carbocycles. The number of carbonyl (C=O) groups excluding carboxylic acids is 3. The van der Waals surface area contributed by atoms with Crippen molar-refractivity contribution in [3.05, 3.63) is 71.8 Å². The molecule has 0 saturated heterocycles. The first kappa shape index (κ1) is 18.2. The third-order valence-electron chi connectivity index (χ3n) is 3.42. The van der Waals surface area contributed by atoms with E-state index < -0.39 is 17.9 Å². The average Bonchev–Trinajstić information content (AvgIpc) is 2.66. The van der Waals surface area contributed by atoms with Crippen molar-refractivity contribution >= 4 is 17.8 Å². The van der Waals surface area contributed by atoms with E-state index in [-0.39, 0.29) is 19.1 Å². The van der Waals surface area contributed by atoms with E-state index in [0.29, 0.717) is 11.1 Å². The fourth-order valence-electron chi connectivity index (χ4n) is 2.15. The van der Waals surface area contributed by atoms with Crippen molar-refractivity contribution in [2.75, 3.05) is 13.2 Å². The van der Waals surface area contributed by atoms with Crippen molar-refractivity contribution in [2.45, 2.75) is 13.0 Å². The minimum atomic E-state index is -0.972. The van der Waals surface area contributed by atoms with E-state index in [1.54, 1.807) is 67.6 Å². The van der Waals surface area contributed by atoms with Crippen LogP contribution in [0.4, 0.5) is 0 Å². The van der Waals surface area contributed by atoms with Gasteiger partial charge in [0.1, 0.15) is 6.04 Å². The fourth-order valence-corrected chi connectivity index (χ4v) is 2.15. The largest absolute Gasteiger partial charge is 0.464 e. The second-order valence-corrected chi connectivity index (χ2v) is 5.22. The summed E-state index contributed by atoms with van der Waals surface area (Å²) in [5.41, 5.74) is 0.894. The van der Waals surface area contributed by atoms with Crippen LogP contribution in [0.2, 0.25) is 0 Å². The van der Waals surface area contributed by atoms with Gasteiger partial charge in [-0.25, -0.2) is 4.79 Å². The maximum atomic E-state index is 12.2. The highest BCUT2D eigenvalue weighted by molar-refractivity contribution is 5.97. The van der Waals surface area contributed by atoms with Gasteiger partial charge in [0.05, 0.1) is 6.61 Å². The van der Waals surface area contributed by atoms with Gasteiger partial charge in [-0.3, -0.25) is 9.59 Å². The molecular formula is C19H20N2O4. The van der Waals surface area contributed by atoms with Crippen molar-refractivity contribution in [1.29, 1.82) is 0 Å². The molecule has 0 bridgehead atoms. The summed E-state index contributed by atoms with van der Waals surface area (Å²) in [5.74, 6) is -1.34. The van der Waals surface area contributed by atoms with Crippen molar-refractivity contribution < 1.29 is 19.1 Å². The molecule has 0 radical (unpaired) electrons. The Morgan fingerprint density at radius 1 is 0.880 bits per heavy atom. The van der Waals surface area contributed by atoms with Crippen LogP contribution in [0.3, 0.4) is 0 Å². The average molecular weight is 340 g/mol. The molecule has 0 heterocycles. The van der Waals surface area contributed by atoms with E-state index in [0.717, 1.165) is 0 Å². The molecule has 2 N–H and O–H groups in total. The van der Waals surface area contributed by atoms with E-state index in [4.69, 9.17) is 4.74 Å². The summed E-state index contributed by atoms with van der Waals surface area (Å²) >= 11 is 0. The predicted molar refractivity (Wildman–Crippen MR) is 93.1 cm³/mol. The van der Waals surface area contributed by atoms with Crippen LogP contribution in [0.15, 0.2) is 60.7 Å². The first-order valence-corrected chi connectivity index (χ1v) is 7.97. The van der Waals surface area contributed by atoms with Gasteiger partial charge in [-0.05, 0) is 31.2 Å². The number of esters is 1. The lowest BCUT2D eigenvalue weighted by molar-refractivity contribution is -0.145.